The molecule has 16 heavy (non-hydrogen) atoms. The Labute approximate surface area is 94.7 Å². The van der Waals surface area contributed by atoms with E-state index in [1.807, 2.05) is 0 Å². The minimum atomic E-state index is 0.207. The summed E-state index contributed by atoms with van der Waals surface area (Å²) in [4.78, 5) is 4.68. The Bertz CT molecular complexity index is 526. The summed E-state index contributed by atoms with van der Waals surface area (Å²) in [5.74, 6) is 1.90. The summed E-state index contributed by atoms with van der Waals surface area (Å²) in [5, 5.41) is 8.94. The van der Waals surface area contributed by atoms with Gasteiger partial charge < -0.3 is 9.67 Å². The smallest absolute Gasteiger partial charge is 0.112 e. The molecule has 0 aliphatic heterocycles. The van der Waals surface area contributed by atoms with E-state index in [1.54, 1.807) is 0 Å². The quantitative estimate of drug-likeness (QED) is 0.852. The Morgan fingerprint density at radius 2 is 2.25 bits per heavy atom. The topological polar surface area (TPSA) is 38.0 Å². The second-order valence-corrected chi connectivity index (χ2v) is 4.60. The molecule has 2 aromatic rings. The van der Waals surface area contributed by atoms with Gasteiger partial charge in [0.25, 0.3) is 0 Å². The number of aryl methyl sites for hydroxylation is 1. The number of hydrogen-bond donors (Lipinski definition) is 1. The number of fused-ring (bicyclic) bond motifs is 1. The van der Waals surface area contributed by atoms with Crippen LogP contribution in [0.4, 0.5) is 0 Å². The van der Waals surface area contributed by atoms with E-state index < -0.39 is 0 Å². The third-order valence-electron chi connectivity index (χ3n) is 3.32. The van der Waals surface area contributed by atoms with Gasteiger partial charge in [-0.05, 0) is 37.0 Å². The van der Waals surface area contributed by atoms with Gasteiger partial charge in [0.2, 0.25) is 0 Å². The first-order valence-corrected chi connectivity index (χ1v) is 5.85. The Morgan fingerprint density at radius 1 is 1.44 bits per heavy atom. The van der Waals surface area contributed by atoms with Gasteiger partial charge in [0, 0.05) is 19.6 Å². The van der Waals surface area contributed by atoms with Gasteiger partial charge in [0.05, 0.1) is 11.0 Å². The van der Waals surface area contributed by atoms with Gasteiger partial charge in [0.1, 0.15) is 5.82 Å². The van der Waals surface area contributed by atoms with Crippen molar-refractivity contribution < 1.29 is 5.11 Å². The monoisotopic (exact) mass is 216 g/mol. The summed E-state index contributed by atoms with van der Waals surface area (Å²) in [5.41, 5.74) is 3.44. The lowest BCUT2D eigenvalue weighted by atomic mass is 10.1. The molecule has 3 nitrogen and oxygen atoms in total. The molecule has 0 saturated heterocycles. The van der Waals surface area contributed by atoms with Crippen LogP contribution in [0.3, 0.4) is 0 Å². The van der Waals surface area contributed by atoms with E-state index in [1.165, 1.54) is 29.7 Å². The molecule has 1 aliphatic rings. The van der Waals surface area contributed by atoms with E-state index >= 15 is 0 Å². The van der Waals surface area contributed by atoms with Gasteiger partial charge in [-0.15, -0.1) is 0 Å². The van der Waals surface area contributed by atoms with Crippen molar-refractivity contribution in [3.8, 4) is 0 Å². The zero-order valence-corrected chi connectivity index (χ0v) is 9.48. The molecule has 0 amide bonds. The molecule has 1 saturated carbocycles. The lowest BCUT2D eigenvalue weighted by Gasteiger charge is -2.01. The van der Waals surface area contributed by atoms with E-state index in [2.05, 4.69) is 34.8 Å². The van der Waals surface area contributed by atoms with Crippen LogP contribution in [0.2, 0.25) is 0 Å². The van der Waals surface area contributed by atoms with E-state index in [9.17, 15) is 0 Å². The molecule has 0 bridgehead atoms. The fourth-order valence-corrected chi connectivity index (χ4v) is 2.25. The highest BCUT2D eigenvalue weighted by Gasteiger charge is 2.28. The highest BCUT2D eigenvalue weighted by molar-refractivity contribution is 5.77. The summed E-state index contributed by atoms with van der Waals surface area (Å²) < 4.78 is 2.20. The zero-order chi connectivity index (χ0) is 11.1. The molecule has 0 atom stereocenters. The third kappa shape index (κ3) is 1.52. The molecule has 1 fully saturated rings. The molecule has 0 spiro atoms. The maximum Gasteiger partial charge on any atom is 0.112 e. The van der Waals surface area contributed by atoms with Crippen molar-refractivity contribution in [1.82, 2.24) is 9.55 Å². The number of aliphatic hydroxyl groups is 1. The largest absolute Gasteiger partial charge is 0.396 e. The van der Waals surface area contributed by atoms with Crippen molar-refractivity contribution in [2.45, 2.75) is 25.2 Å². The molecule has 1 aromatic carbocycles. The highest BCUT2D eigenvalue weighted by atomic mass is 16.2. The Balaban J connectivity index is 2.11. The number of nitrogens with zero attached hydrogens (tertiary/aromatic N) is 2. The maximum atomic E-state index is 8.94. The van der Waals surface area contributed by atoms with Crippen LogP contribution in [-0.4, -0.2) is 21.3 Å². The van der Waals surface area contributed by atoms with Crippen LogP contribution in [0.15, 0.2) is 18.2 Å². The molecule has 0 radical (unpaired) electrons. The Kier molecular flexibility index (Phi) is 2.21. The second-order valence-electron chi connectivity index (χ2n) is 4.60. The predicted molar refractivity (Wildman–Crippen MR) is 63.5 cm³/mol. The third-order valence-corrected chi connectivity index (χ3v) is 3.32. The molecule has 1 N–H and O–H groups in total. The lowest BCUT2D eigenvalue weighted by Crippen LogP contribution is -1.95. The van der Waals surface area contributed by atoms with Crippen LogP contribution >= 0.6 is 0 Å². The summed E-state index contributed by atoms with van der Waals surface area (Å²) in [6.07, 6.45) is 3.28. The molecular formula is C13H16N2O. The molecule has 3 heteroatoms. The zero-order valence-electron chi connectivity index (χ0n) is 9.48. The van der Waals surface area contributed by atoms with Crippen molar-refractivity contribution in [2.24, 2.45) is 7.05 Å². The van der Waals surface area contributed by atoms with Crippen LogP contribution in [0.5, 0.6) is 0 Å². The van der Waals surface area contributed by atoms with Gasteiger partial charge in [0.15, 0.2) is 0 Å². The van der Waals surface area contributed by atoms with Crippen molar-refractivity contribution in [2.75, 3.05) is 6.61 Å². The fourth-order valence-electron chi connectivity index (χ4n) is 2.25. The number of hydrogen-bond acceptors (Lipinski definition) is 2. The predicted octanol–water partition coefficient (Wildman–Crippen LogP) is 1.99. The number of aromatic nitrogens is 2. The molecule has 3 rings (SSSR count). The van der Waals surface area contributed by atoms with Crippen LogP contribution in [0, 0.1) is 0 Å². The summed E-state index contributed by atoms with van der Waals surface area (Å²) >= 11 is 0. The van der Waals surface area contributed by atoms with Crippen LogP contribution < -0.4 is 0 Å². The van der Waals surface area contributed by atoms with E-state index in [-0.39, 0.29) is 6.61 Å². The van der Waals surface area contributed by atoms with Crippen LogP contribution in [0.25, 0.3) is 11.0 Å². The average molecular weight is 216 g/mol. The number of rotatable bonds is 3. The Hall–Kier alpha value is -1.35. The molecule has 1 aliphatic carbocycles. The number of aliphatic hydroxyl groups excluding tert-OH is 1. The van der Waals surface area contributed by atoms with Crippen molar-refractivity contribution in [3.05, 3.63) is 29.6 Å². The second kappa shape index (κ2) is 3.59. The minimum Gasteiger partial charge on any atom is -0.396 e. The standard InChI is InChI=1S/C13H16N2O/c1-15-12-8-9(6-7-16)2-5-11(12)14-13(15)10-3-4-10/h2,5,8,10,16H,3-4,6-7H2,1H3. The molecule has 0 unspecified atom stereocenters. The number of imidazole rings is 1. The van der Waals surface area contributed by atoms with Crippen molar-refractivity contribution in [3.63, 3.8) is 0 Å². The SMILES string of the molecule is Cn1c(C2CC2)nc2ccc(CCO)cc21. The van der Waals surface area contributed by atoms with Gasteiger partial charge >= 0.3 is 0 Å². The van der Waals surface area contributed by atoms with Gasteiger partial charge in [-0.3, -0.25) is 0 Å². The van der Waals surface area contributed by atoms with E-state index in [0.717, 1.165) is 11.9 Å². The summed E-state index contributed by atoms with van der Waals surface area (Å²) in [7, 11) is 2.09. The minimum absolute atomic E-state index is 0.207. The number of benzene rings is 1. The molecule has 84 valence electrons. The first-order chi connectivity index (χ1) is 7.79. The van der Waals surface area contributed by atoms with E-state index in [4.69, 9.17) is 5.11 Å². The molecular weight excluding hydrogens is 200 g/mol. The average Bonchev–Trinajstić information content (AvgIpc) is 3.07. The summed E-state index contributed by atoms with van der Waals surface area (Å²) in [6, 6.07) is 6.26. The van der Waals surface area contributed by atoms with Gasteiger partial charge in [-0.2, -0.15) is 0 Å². The van der Waals surface area contributed by atoms with Crippen molar-refractivity contribution >= 4 is 11.0 Å². The van der Waals surface area contributed by atoms with Crippen LogP contribution in [0.1, 0.15) is 30.1 Å². The molecule has 1 heterocycles. The van der Waals surface area contributed by atoms with Crippen LogP contribution in [-0.2, 0) is 13.5 Å². The van der Waals surface area contributed by atoms with Gasteiger partial charge in [-0.1, -0.05) is 6.07 Å². The fraction of sp³-hybridized carbons (Fsp3) is 0.462. The van der Waals surface area contributed by atoms with E-state index in [0.29, 0.717) is 5.92 Å². The maximum absolute atomic E-state index is 8.94. The first-order valence-electron chi connectivity index (χ1n) is 5.85. The Morgan fingerprint density at radius 3 is 2.94 bits per heavy atom. The van der Waals surface area contributed by atoms with Crippen molar-refractivity contribution in [1.29, 1.82) is 0 Å². The first kappa shape index (κ1) is 9.85. The summed E-state index contributed by atoms with van der Waals surface area (Å²) in [6.45, 7) is 0.207. The lowest BCUT2D eigenvalue weighted by molar-refractivity contribution is 0.299. The molecule has 1 aromatic heterocycles. The van der Waals surface area contributed by atoms with Gasteiger partial charge in [-0.25, -0.2) is 4.98 Å². The normalized spacial score (nSPS) is 15.9. The highest BCUT2D eigenvalue weighted by Crippen LogP contribution is 2.40.